The summed E-state index contributed by atoms with van der Waals surface area (Å²) in [6, 6.07) is 11.5. The van der Waals surface area contributed by atoms with E-state index in [2.05, 4.69) is 26.1 Å². The van der Waals surface area contributed by atoms with Gasteiger partial charge in [-0.3, -0.25) is 0 Å². The first kappa shape index (κ1) is 14.3. The zero-order valence-electron chi connectivity index (χ0n) is 11.0. The number of oxime groups is 1. The van der Waals surface area contributed by atoms with Crippen LogP contribution in [0.3, 0.4) is 0 Å². The second-order valence-corrected chi connectivity index (χ2v) is 5.19. The average Bonchev–Trinajstić information content (AvgIpc) is 2.49. The average molecular weight is 335 g/mol. The summed E-state index contributed by atoms with van der Waals surface area (Å²) in [5.41, 5.74) is 7.38. The van der Waals surface area contributed by atoms with Crippen molar-refractivity contribution in [1.82, 2.24) is 4.98 Å². The highest BCUT2D eigenvalue weighted by Crippen LogP contribution is 2.20. The van der Waals surface area contributed by atoms with Crippen molar-refractivity contribution in [3.8, 4) is 0 Å². The second kappa shape index (κ2) is 6.38. The molecule has 2 aromatic rings. The van der Waals surface area contributed by atoms with Crippen LogP contribution in [-0.2, 0) is 6.54 Å². The molecule has 0 fully saturated rings. The minimum atomic E-state index is 0.0722. The Morgan fingerprint density at radius 3 is 2.85 bits per heavy atom. The van der Waals surface area contributed by atoms with Crippen molar-refractivity contribution in [3.05, 3.63) is 58.2 Å². The monoisotopic (exact) mass is 334 g/mol. The maximum absolute atomic E-state index is 8.71. The lowest BCUT2D eigenvalue weighted by molar-refractivity contribution is 0.318. The van der Waals surface area contributed by atoms with E-state index in [-0.39, 0.29) is 5.84 Å². The predicted octanol–water partition coefficient (Wildman–Crippen LogP) is 2.58. The van der Waals surface area contributed by atoms with Gasteiger partial charge >= 0.3 is 0 Å². The Morgan fingerprint density at radius 1 is 1.40 bits per heavy atom. The number of pyridine rings is 1. The van der Waals surface area contributed by atoms with Crippen LogP contribution in [0.5, 0.6) is 0 Å². The first-order valence-electron chi connectivity index (χ1n) is 6.00. The molecule has 0 spiro atoms. The SMILES string of the molecule is CN(Cc1ccccc1Br)c1cc(C(N)=NO)ccn1. The third kappa shape index (κ3) is 3.27. The van der Waals surface area contributed by atoms with Crippen molar-refractivity contribution in [2.24, 2.45) is 10.9 Å². The van der Waals surface area contributed by atoms with Crippen molar-refractivity contribution in [3.63, 3.8) is 0 Å². The van der Waals surface area contributed by atoms with E-state index in [1.54, 1.807) is 18.3 Å². The van der Waals surface area contributed by atoms with Gasteiger partial charge in [-0.15, -0.1) is 0 Å². The van der Waals surface area contributed by atoms with Gasteiger partial charge in [0.05, 0.1) is 0 Å². The molecule has 5 nitrogen and oxygen atoms in total. The first-order chi connectivity index (χ1) is 9.61. The quantitative estimate of drug-likeness (QED) is 0.390. The number of amidine groups is 1. The van der Waals surface area contributed by atoms with Crippen LogP contribution in [0, 0.1) is 0 Å². The number of aromatic nitrogens is 1. The second-order valence-electron chi connectivity index (χ2n) is 4.34. The molecule has 3 N–H and O–H groups in total. The van der Waals surface area contributed by atoms with Gasteiger partial charge in [-0.25, -0.2) is 4.98 Å². The highest BCUT2D eigenvalue weighted by atomic mass is 79.9. The Morgan fingerprint density at radius 2 is 2.15 bits per heavy atom. The summed E-state index contributed by atoms with van der Waals surface area (Å²) in [6.45, 7) is 0.702. The standard InChI is InChI=1S/C14H15BrN4O/c1-19(9-11-4-2-3-5-12(11)15)13-8-10(6-7-17-13)14(16)18-20/h2-8,20H,9H2,1H3,(H2,16,18). The number of rotatable bonds is 4. The van der Waals surface area contributed by atoms with Crippen molar-refractivity contribution in [2.75, 3.05) is 11.9 Å². The summed E-state index contributed by atoms with van der Waals surface area (Å²) in [5, 5.41) is 11.7. The fourth-order valence-electron chi connectivity index (χ4n) is 1.81. The molecular formula is C14H15BrN4O. The van der Waals surface area contributed by atoms with Crippen molar-refractivity contribution < 1.29 is 5.21 Å². The van der Waals surface area contributed by atoms with Crippen molar-refractivity contribution in [2.45, 2.75) is 6.54 Å². The van der Waals surface area contributed by atoms with Gasteiger partial charge in [0, 0.05) is 29.8 Å². The summed E-state index contributed by atoms with van der Waals surface area (Å²) in [7, 11) is 1.94. The summed E-state index contributed by atoms with van der Waals surface area (Å²) in [5.74, 6) is 0.827. The van der Waals surface area contributed by atoms with Gasteiger partial charge < -0.3 is 15.8 Å². The minimum absolute atomic E-state index is 0.0722. The first-order valence-corrected chi connectivity index (χ1v) is 6.79. The third-order valence-corrected chi connectivity index (χ3v) is 3.68. The molecule has 0 aliphatic heterocycles. The molecule has 20 heavy (non-hydrogen) atoms. The van der Waals surface area contributed by atoms with Gasteiger partial charge in [0.1, 0.15) is 5.82 Å². The summed E-state index contributed by atoms with van der Waals surface area (Å²) >= 11 is 3.53. The largest absolute Gasteiger partial charge is 0.409 e. The molecular weight excluding hydrogens is 320 g/mol. The highest BCUT2D eigenvalue weighted by Gasteiger charge is 2.08. The molecule has 2 rings (SSSR count). The van der Waals surface area contributed by atoms with Crippen LogP contribution in [0.15, 0.2) is 52.2 Å². The molecule has 0 bridgehead atoms. The number of anilines is 1. The summed E-state index contributed by atoms with van der Waals surface area (Å²) < 4.78 is 1.06. The smallest absolute Gasteiger partial charge is 0.170 e. The molecule has 0 radical (unpaired) electrons. The molecule has 0 aliphatic rings. The number of hydrogen-bond acceptors (Lipinski definition) is 4. The van der Waals surface area contributed by atoms with Crippen LogP contribution >= 0.6 is 15.9 Å². The topological polar surface area (TPSA) is 74.7 Å². The van der Waals surface area contributed by atoms with E-state index in [4.69, 9.17) is 10.9 Å². The van der Waals surface area contributed by atoms with E-state index in [0.29, 0.717) is 12.1 Å². The highest BCUT2D eigenvalue weighted by molar-refractivity contribution is 9.10. The van der Waals surface area contributed by atoms with E-state index in [1.807, 2.05) is 36.2 Å². The lowest BCUT2D eigenvalue weighted by Crippen LogP contribution is -2.19. The van der Waals surface area contributed by atoms with Crippen LogP contribution in [0.1, 0.15) is 11.1 Å². The van der Waals surface area contributed by atoms with E-state index < -0.39 is 0 Å². The molecule has 1 aromatic carbocycles. The normalized spacial score (nSPS) is 11.4. The van der Waals surface area contributed by atoms with Crippen molar-refractivity contribution in [1.29, 1.82) is 0 Å². The van der Waals surface area contributed by atoms with Gasteiger partial charge in [-0.1, -0.05) is 39.3 Å². The maximum atomic E-state index is 8.71. The molecule has 0 amide bonds. The lowest BCUT2D eigenvalue weighted by atomic mass is 10.2. The van der Waals surface area contributed by atoms with Crippen LogP contribution in [0.2, 0.25) is 0 Å². The zero-order valence-corrected chi connectivity index (χ0v) is 12.6. The summed E-state index contributed by atoms with van der Waals surface area (Å²) in [4.78, 5) is 6.29. The maximum Gasteiger partial charge on any atom is 0.170 e. The predicted molar refractivity (Wildman–Crippen MR) is 83.0 cm³/mol. The molecule has 0 atom stereocenters. The molecule has 0 saturated heterocycles. The lowest BCUT2D eigenvalue weighted by Gasteiger charge is -2.19. The Kier molecular flexibility index (Phi) is 4.57. The Bertz CT molecular complexity index is 630. The van der Waals surface area contributed by atoms with Crippen molar-refractivity contribution >= 4 is 27.6 Å². The van der Waals surface area contributed by atoms with Gasteiger partial charge in [-0.2, -0.15) is 0 Å². The number of benzene rings is 1. The Balaban J connectivity index is 2.21. The summed E-state index contributed by atoms with van der Waals surface area (Å²) in [6.07, 6.45) is 1.64. The molecule has 1 heterocycles. The zero-order chi connectivity index (χ0) is 14.5. The molecule has 0 saturated carbocycles. The van der Waals surface area contributed by atoms with Gasteiger partial charge in [0.2, 0.25) is 0 Å². The van der Waals surface area contributed by atoms with Gasteiger partial charge in [-0.05, 0) is 23.8 Å². The molecule has 6 heteroatoms. The van der Waals surface area contributed by atoms with Crippen LogP contribution in [0.4, 0.5) is 5.82 Å². The van der Waals surface area contributed by atoms with E-state index in [1.165, 1.54) is 0 Å². The number of halogens is 1. The minimum Gasteiger partial charge on any atom is -0.409 e. The fourth-order valence-corrected chi connectivity index (χ4v) is 2.22. The Labute approximate surface area is 125 Å². The third-order valence-electron chi connectivity index (χ3n) is 2.91. The van der Waals surface area contributed by atoms with Gasteiger partial charge in [0.15, 0.2) is 5.84 Å². The Hall–Kier alpha value is -2.08. The number of nitrogens with zero attached hydrogens (tertiary/aromatic N) is 3. The van der Waals surface area contributed by atoms with Crippen LogP contribution in [-0.4, -0.2) is 23.1 Å². The molecule has 0 aliphatic carbocycles. The van der Waals surface area contributed by atoms with Gasteiger partial charge in [0.25, 0.3) is 0 Å². The van der Waals surface area contributed by atoms with E-state index >= 15 is 0 Å². The number of nitrogens with two attached hydrogens (primary N) is 1. The van der Waals surface area contributed by atoms with Crippen LogP contribution < -0.4 is 10.6 Å². The number of hydrogen-bond donors (Lipinski definition) is 2. The van der Waals surface area contributed by atoms with E-state index in [9.17, 15) is 0 Å². The molecule has 104 valence electrons. The van der Waals surface area contributed by atoms with Crippen LogP contribution in [0.25, 0.3) is 0 Å². The fraction of sp³-hybridized carbons (Fsp3) is 0.143. The van der Waals surface area contributed by atoms with E-state index in [0.717, 1.165) is 15.9 Å². The molecule has 0 unspecified atom stereocenters. The molecule has 1 aromatic heterocycles.